The first-order valence-electron chi connectivity index (χ1n) is 5.39. The molecular formula is C12H15NO4. The van der Waals surface area contributed by atoms with E-state index in [1.807, 2.05) is 13.0 Å². The van der Waals surface area contributed by atoms with Gasteiger partial charge in [-0.2, -0.15) is 0 Å². The van der Waals surface area contributed by atoms with Gasteiger partial charge in [-0.25, -0.2) is 4.79 Å². The van der Waals surface area contributed by atoms with Gasteiger partial charge >= 0.3 is 6.09 Å². The average molecular weight is 237 g/mol. The normalized spacial score (nSPS) is 21.6. The van der Waals surface area contributed by atoms with Crippen LogP contribution in [-0.2, 0) is 6.42 Å². The second-order valence-electron chi connectivity index (χ2n) is 4.27. The number of carbonyl (C=O) groups is 1. The summed E-state index contributed by atoms with van der Waals surface area (Å²) in [4.78, 5) is 11.2. The van der Waals surface area contributed by atoms with E-state index < -0.39 is 11.7 Å². The third-order valence-corrected chi connectivity index (χ3v) is 2.71. The molecule has 1 aliphatic heterocycles. The number of aliphatic hydroxyl groups is 1. The molecule has 2 rings (SSSR count). The van der Waals surface area contributed by atoms with Crippen LogP contribution in [0, 0.1) is 0 Å². The van der Waals surface area contributed by atoms with Gasteiger partial charge in [-0.05, 0) is 13.0 Å². The minimum atomic E-state index is -0.634. The number of rotatable bonds is 2. The molecule has 1 amide bonds. The molecule has 0 bridgehead atoms. The summed E-state index contributed by atoms with van der Waals surface area (Å²) in [5.41, 5.74) is 0.299. The summed E-state index contributed by atoms with van der Waals surface area (Å²) >= 11 is 0. The van der Waals surface area contributed by atoms with Crippen molar-refractivity contribution < 1.29 is 19.4 Å². The van der Waals surface area contributed by atoms with Crippen LogP contribution >= 0.6 is 0 Å². The third-order valence-electron chi connectivity index (χ3n) is 2.71. The van der Waals surface area contributed by atoms with Gasteiger partial charge in [0, 0.05) is 19.0 Å². The fourth-order valence-electron chi connectivity index (χ4n) is 1.82. The van der Waals surface area contributed by atoms with Crippen molar-refractivity contribution in [2.24, 2.45) is 0 Å². The van der Waals surface area contributed by atoms with Crippen molar-refractivity contribution in [3.8, 4) is 11.5 Å². The van der Waals surface area contributed by atoms with Gasteiger partial charge in [0.15, 0.2) is 11.5 Å². The zero-order valence-electron chi connectivity index (χ0n) is 9.82. The van der Waals surface area contributed by atoms with E-state index >= 15 is 0 Å². The van der Waals surface area contributed by atoms with Crippen LogP contribution in [-0.4, -0.2) is 30.5 Å². The highest BCUT2D eigenvalue weighted by Crippen LogP contribution is 2.41. The molecule has 5 heteroatoms. The first kappa shape index (κ1) is 11.7. The van der Waals surface area contributed by atoms with Crippen LogP contribution in [0.4, 0.5) is 4.79 Å². The van der Waals surface area contributed by atoms with E-state index in [0.29, 0.717) is 17.9 Å². The smallest absolute Gasteiger partial charge is 0.412 e. The molecule has 1 heterocycles. The Balaban J connectivity index is 2.28. The van der Waals surface area contributed by atoms with E-state index in [1.54, 1.807) is 12.1 Å². The highest BCUT2D eigenvalue weighted by molar-refractivity contribution is 5.71. The van der Waals surface area contributed by atoms with Crippen molar-refractivity contribution in [1.82, 2.24) is 5.32 Å². The van der Waals surface area contributed by atoms with Crippen molar-refractivity contribution in [3.05, 3.63) is 23.8 Å². The first-order valence-corrected chi connectivity index (χ1v) is 5.39. The second-order valence-corrected chi connectivity index (χ2v) is 4.27. The number of amides is 1. The lowest BCUT2D eigenvalue weighted by Crippen LogP contribution is -2.34. The van der Waals surface area contributed by atoms with Gasteiger partial charge in [0.1, 0.15) is 5.60 Å². The fourth-order valence-corrected chi connectivity index (χ4v) is 1.82. The highest BCUT2D eigenvalue weighted by Gasteiger charge is 2.36. The van der Waals surface area contributed by atoms with Crippen molar-refractivity contribution in [3.63, 3.8) is 0 Å². The Bertz CT molecular complexity index is 446. The van der Waals surface area contributed by atoms with E-state index in [2.05, 4.69) is 5.32 Å². The number of ether oxygens (including phenoxy) is 2. The van der Waals surface area contributed by atoms with Crippen molar-refractivity contribution in [2.75, 3.05) is 13.7 Å². The van der Waals surface area contributed by atoms with Gasteiger partial charge in [-0.3, -0.25) is 0 Å². The van der Waals surface area contributed by atoms with Gasteiger partial charge in [0.05, 0.1) is 6.61 Å². The lowest BCUT2D eigenvalue weighted by Gasteiger charge is -2.20. The van der Waals surface area contributed by atoms with Gasteiger partial charge in [0.25, 0.3) is 0 Å². The van der Waals surface area contributed by atoms with Crippen LogP contribution in [0.25, 0.3) is 0 Å². The molecule has 0 aromatic heterocycles. The second kappa shape index (κ2) is 4.25. The summed E-state index contributed by atoms with van der Waals surface area (Å²) in [5, 5.41) is 11.6. The Labute approximate surface area is 99.3 Å². The lowest BCUT2D eigenvalue weighted by atomic mass is 10.0. The molecule has 0 radical (unpaired) electrons. The maximum atomic E-state index is 11.2. The molecule has 0 spiro atoms. The Morgan fingerprint density at radius 2 is 2.41 bits per heavy atom. The first-order chi connectivity index (χ1) is 8.08. The van der Waals surface area contributed by atoms with E-state index in [0.717, 1.165) is 5.56 Å². The topological polar surface area (TPSA) is 67.8 Å². The molecule has 2 N–H and O–H groups in total. The fraction of sp³-hybridized carbons (Fsp3) is 0.417. The molecule has 1 aromatic rings. The average Bonchev–Trinajstić information content (AvgIpc) is 2.67. The minimum absolute atomic E-state index is 0.0822. The molecule has 0 saturated heterocycles. The van der Waals surface area contributed by atoms with Gasteiger partial charge in [-0.15, -0.1) is 0 Å². The van der Waals surface area contributed by atoms with Crippen molar-refractivity contribution in [2.45, 2.75) is 18.9 Å². The molecule has 1 aromatic carbocycles. The highest BCUT2D eigenvalue weighted by atomic mass is 16.6. The molecule has 1 unspecified atom stereocenters. The number of para-hydroxylation sites is 1. The third kappa shape index (κ3) is 2.19. The molecule has 1 atom stereocenters. The molecule has 0 aliphatic carbocycles. The number of nitrogens with one attached hydrogen (secondary N) is 1. The van der Waals surface area contributed by atoms with Crippen molar-refractivity contribution in [1.29, 1.82) is 0 Å². The van der Waals surface area contributed by atoms with Gasteiger partial charge in [0.2, 0.25) is 0 Å². The number of hydrogen-bond donors (Lipinski definition) is 2. The lowest BCUT2D eigenvalue weighted by molar-refractivity contribution is 0.0430. The summed E-state index contributed by atoms with van der Waals surface area (Å²) in [6.45, 7) is 1.73. The Morgan fingerprint density at radius 1 is 1.65 bits per heavy atom. The van der Waals surface area contributed by atoms with Crippen LogP contribution < -0.4 is 14.8 Å². The largest absolute Gasteiger partial charge is 0.481 e. The standard InChI is InChI=1S/C12H15NO4/c1-12(7-14)6-8-4-3-5-9(10(8)17-12)16-11(15)13-2/h3-5,14H,6-7H2,1-2H3,(H,13,15). The Kier molecular flexibility index (Phi) is 2.93. The number of aliphatic hydroxyl groups excluding tert-OH is 1. The predicted molar refractivity (Wildman–Crippen MR) is 61.3 cm³/mol. The summed E-state index contributed by atoms with van der Waals surface area (Å²) in [5.74, 6) is 0.909. The number of hydrogen-bond acceptors (Lipinski definition) is 4. The summed E-state index contributed by atoms with van der Waals surface area (Å²) in [6.07, 6.45) is 0.0589. The molecule has 92 valence electrons. The van der Waals surface area contributed by atoms with Crippen LogP contribution in [0.2, 0.25) is 0 Å². The van der Waals surface area contributed by atoms with E-state index in [1.165, 1.54) is 7.05 Å². The molecule has 17 heavy (non-hydrogen) atoms. The van der Waals surface area contributed by atoms with E-state index in [9.17, 15) is 9.90 Å². The summed E-state index contributed by atoms with van der Waals surface area (Å²) < 4.78 is 10.8. The number of fused-ring (bicyclic) bond motifs is 1. The van der Waals surface area contributed by atoms with Crippen molar-refractivity contribution >= 4 is 6.09 Å². The summed E-state index contributed by atoms with van der Waals surface area (Å²) in [7, 11) is 1.49. The van der Waals surface area contributed by atoms with E-state index in [4.69, 9.17) is 9.47 Å². The zero-order valence-corrected chi connectivity index (χ0v) is 9.82. The van der Waals surface area contributed by atoms with Crippen LogP contribution in [0.3, 0.4) is 0 Å². The number of benzene rings is 1. The van der Waals surface area contributed by atoms with Crippen LogP contribution in [0.5, 0.6) is 11.5 Å². The quantitative estimate of drug-likeness (QED) is 0.808. The molecule has 0 fully saturated rings. The molecule has 1 aliphatic rings. The Hall–Kier alpha value is -1.75. The predicted octanol–water partition coefficient (Wildman–Crippen LogP) is 1.09. The molecule has 5 nitrogen and oxygen atoms in total. The molecular weight excluding hydrogens is 222 g/mol. The van der Waals surface area contributed by atoms with E-state index in [-0.39, 0.29) is 6.61 Å². The maximum absolute atomic E-state index is 11.2. The zero-order chi connectivity index (χ0) is 12.5. The Morgan fingerprint density at radius 3 is 3.06 bits per heavy atom. The van der Waals surface area contributed by atoms with Crippen LogP contribution in [0.1, 0.15) is 12.5 Å². The number of carbonyl (C=O) groups excluding carboxylic acids is 1. The van der Waals surface area contributed by atoms with Gasteiger partial charge in [-0.1, -0.05) is 12.1 Å². The minimum Gasteiger partial charge on any atom is -0.481 e. The monoisotopic (exact) mass is 237 g/mol. The van der Waals surface area contributed by atoms with Crippen LogP contribution in [0.15, 0.2) is 18.2 Å². The van der Waals surface area contributed by atoms with Gasteiger partial charge < -0.3 is 19.9 Å². The summed E-state index contributed by atoms with van der Waals surface area (Å²) in [6, 6.07) is 5.35. The molecule has 0 saturated carbocycles. The SMILES string of the molecule is CNC(=O)Oc1cccc2c1OC(C)(CO)C2. The maximum Gasteiger partial charge on any atom is 0.412 e.